The van der Waals surface area contributed by atoms with Crippen molar-refractivity contribution in [3.63, 3.8) is 0 Å². The van der Waals surface area contributed by atoms with Crippen LogP contribution in [0.15, 0.2) is 6.07 Å². The largest absolute Gasteiger partial charge is 0.574 e. The lowest BCUT2D eigenvalue weighted by molar-refractivity contribution is -0.276. The highest BCUT2D eigenvalue weighted by Crippen LogP contribution is 2.37. The number of nitrogens with zero attached hydrogens (tertiary/aromatic N) is 1. The van der Waals surface area contributed by atoms with Gasteiger partial charge in [-0.1, -0.05) is 15.9 Å². The third-order valence-corrected chi connectivity index (χ3v) is 2.53. The summed E-state index contributed by atoms with van der Waals surface area (Å²) in [4.78, 5) is 3.27. The van der Waals surface area contributed by atoms with Gasteiger partial charge in [-0.15, -0.1) is 13.2 Å². The van der Waals surface area contributed by atoms with Crippen molar-refractivity contribution in [2.75, 3.05) is 0 Å². The van der Waals surface area contributed by atoms with Gasteiger partial charge in [-0.05, 0) is 6.07 Å². The molecule has 1 N–H and O–H groups in total. The molecule has 0 aliphatic carbocycles. The van der Waals surface area contributed by atoms with E-state index >= 15 is 0 Å². The van der Waals surface area contributed by atoms with Crippen LogP contribution in [-0.4, -0.2) is 16.5 Å². The number of hydrogen-bond donors (Lipinski definition) is 1. The van der Waals surface area contributed by atoms with Gasteiger partial charge < -0.3 is 9.84 Å². The van der Waals surface area contributed by atoms with E-state index in [2.05, 4.69) is 25.7 Å². The third-order valence-electron chi connectivity index (χ3n) is 1.95. The molecule has 3 nitrogen and oxygen atoms in total. The summed E-state index contributed by atoms with van der Waals surface area (Å²) < 4.78 is 77.7. The van der Waals surface area contributed by atoms with Gasteiger partial charge in [0.05, 0.1) is 23.4 Å². The molecule has 1 aromatic rings. The van der Waals surface area contributed by atoms with Crippen molar-refractivity contribution in [2.24, 2.45) is 0 Å². The molecule has 0 aliphatic heterocycles. The highest BCUT2D eigenvalue weighted by molar-refractivity contribution is 9.08. The summed E-state index contributed by atoms with van der Waals surface area (Å²) in [6, 6.07) is 0.545. The Morgan fingerprint density at radius 3 is 2.16 bits per heavy atom. The Morgan fingerprint density at radius 1 is 1.21 bits per heavy atom. The second-order valence-corrected chi connectivity index (χ2v) is 3.84. The number of ether oxygens (including phenoxy) is 1. The average molecular weight is 354 g/mol. The lowest BCUT2D eigenvalue weighted by atomic mass is 10.1. The molecule has 0 bridgehead atoms. The molecule has 108 valence electrons. The van der Waals surface area contributed by atoms with Crippen LogP contribution in [0, 0.1) is 0 Å². The zero-order valence-electron chi connectivity index (χ0n) is 8.94. The van der Waals surface area contributed by atoms with E-state index in [-0.39, 0.29) is 11.0 Å². The van der Waals surface area contributed by atoms with Crippen molar-refractivity contribution in [3.8, 4) is 5.88 Å². The number of hydrogen-bond acceptors (Lipinski definition) is 3. The first kappa shape index (κ1) is 16.0. The lowest BCUT2D eigenvalue weighted by Crippen LogP contribution is -2.21. The SMILES string of the molecule is OCc1c(C(F)(F)F)cc(CBr)nc1OC(F)(F)F. The lowest BCUT2D eigenvalue weighted by Gasteiger charge is -2.17. The molecular formula is C9H6BrF6NO2. The minimum atomic E-state index is -5.20. The van der Waals surface area contributed by atoms with E-state index in [0.717, 1.165) is 0 Å². The Hall–Kier alpha value is -1.03. The van der Waals surface area contributed by atoms with Gasteiger partial charge in [-0.3, -0.25) is 0 Å². The molecule has 0 saturated heterocycles. The summed E-state index contributed by atoms with van der Waals surface area (Å²) in [5.74, 6) is -1.31. The summed E-state index contributed by atoms with van der Waals surface area (Å²) in [6.45, 7) is -1.28. The van der Waals surface area contributed by atoms with Crippen molar-refractivity contribution in [1.82, 2.24) is 4.98 Å². The molecule has 0 aliphatic rings. The summed E-state index contributed by atoms with van der Waals surface area (Å²) in [7, 11) is 0. The van der Waals surface area contributed by atoms with Gasteiger partial charge in [0.25, 0.3) is 0 Å². The quantitative estimate of drug-likeness (QED) is 0.669. The Bertz CT molecular complexity index is 459. The second kappa shape index (κ2) is 5.53. The normalized spacial score (nSPS) is 12.6. The molecule has 19 heavy (non-hydrogen) atoms. The molecular weight excluding hydrogens is 348 g/mol. The Balaban J connectivity index is 3.44. The fraction of sp³-hybridized carbons (Fsp3) is 0.444. The first-order valence-corrected chi connectivity index (χ1v) is 5.73. The molecule has 1 heterocycles. The van der Waals surface area contributed by atoms with Crippen molar-refractivity contribution < 1.29 is 36.2 Å². The fourth-order valence-corrected chi connectivity index (χ4v) is 1.55. The average Bonchev–Trinajstić information content (AvgIpc) is 2.24. The van der Waals surface area contributed by atoms with Crippen molar-refractivity contribution >= 4 is 15.9 Å². The van der Waals surface area contributed by atoms with Gasteiger partial charge in [0.1, 0.15) is 0 Å². The molecule has 0 saturated carbocycles. The summed E-state index contributed by atoms with van der Waals surface area (Å²) in [6.07, 6.45) is -10.1. The standard InChI is InChI=1S/C9H6BrF6NO2/c10-2-4-1-6(8(11,12)13)5(3-18)7(17-4)19-9(14,15)16/h1,18H,2-3H2. The van der Waals surface area contributed by atoms with Gasteiger partial charge in [0.2, 0.25) is 5.88 Å². The summed E-state index contributed by atoms with van der Waals surface area (Å²) in [5, 5.41) is 8.63. The fourth-order valence-electron chi connectivity index (χ4n) is 1.27. The molecule has 1 aromatic heterocycles. The summed E-state index contributed by atoms with van der Waals surface area (Å²) >= 11 is 2.79. The molecule has 1 rings (SSSR count). The van der Waals surface area contributed by atoms with Crippen molar-refractivity contribution in [2.45, 2.75) is 24.5 Å². The van der Waals surface area contributed by atoms with Gasteiger partial charge >= 0.3 is 12.5 Å². The maximum atomic E-state index is 12.7. The van der Waals surface area contributed by atoms with Crippen LogP contribution >= 0.6 is 15.9 Å². The Labute approximate surface area is 111 Å². The smallest absolute Gasteiger partial charge is 0.391 e. The number of halogens is 7. The van der Waals surface area contributed by atoms with E-state index in [9.17, 15) is 26.3 Å². The maximum Gasteiger partial charge on any atom is 0.574 e. The predicted octanol–water partition coefficient (Wildman–Crippen LogP) is 3.39. The van der Waals surface area contributed by atoms with Crippen LogP contribution in [0.5, 0.6) is 5.88 Å². The van der Waals surface area contributed by atoms with Gasteiger partial charge in [0.15, 0.2) is 0 Å². The molecule has 0 radical (unpaired) electrons. The van der Waals surface area contributed by atoms with Crippen LogP contribution in [0.1, 0.15) is 16.8 Å². The number of rotatable bonds is 3. The maximum absolute atomic E-state index is 12.7. The number of aliphatic hydroxyl groups excluding tert-OH is 1. The van der Waals surface area contributed by atoms with E-state index in [4.69, 9.17) is 5.11 Å². The van der Waals surface area contributed by atoms with E-state index in [1.54, 1.807) is 0 Å². The van der Waals surface area contributed by atoms with E-state index < -0.39 is 36.2 Å². The van der Waals surface area contributed by atoms with Crippen LogP contribution in [-0.2, 0) is 18.1 Å². The third kappa shape index (κ3) is 4.23. The molecule has 0 fully saturated rings. The van der Waals surface area contributed by atoms with Gasteiger partial charge in [0, 0.05) is 5.33 Å². The monoisotopic (exact) mass is 353 g/mol. The van der Waals surface area contributed by atoms with Gasteiger partial charge in [-0.2, -0.15) is 13.2 Å². The molecule has 0 spiro atoms. The molecule has 0 amide bonds. The topological polar surface area (TPSA) is 42.4 Å². The first-order chi connectivity index (χ1) is 8.58. The molecule has 0 unspecified atom stereocenters. The van der Waals surface area contributed by atoms with Crippen LogP contribution < -0.4 is 4.74 Å². The Kier molecular flexibility index (Phi) is 4.67. The van der Waals surface area contributed by atoms with Crippen LogP contribution in [0.25, 0.3) is 0 Å². The van der Waals surface area contributed by atoms with Crippen LogP contribution in [0.4, 0.5) is 26.3 Å². The van der Waals surface area contributed by atoms with Crippen LogP contribution in [0.3, 0.4) is 0 Å². The van der Waals surface area contributed by atoms with Crippen LogP contribution in [0.2, 0.25) is 0 Å². The second-order valence-electron chi connectivity index (χ2n) is 3.28. The number of alkyl halides is 7. The zero-order chi connectivity index (χ0) is 14.8. The molecule has 0 aromatic carbocycles. The van der Waals surface area contributed by atoms with E-state index in [1.807, 2.05) is 0 Å². The zero-order valence-corrected chi connectivity index (χ0v) is 10.5. The highest BCUT2D eigenvalue weighted by Gasteiger charge is 2.39. The Morgan fingerprint density at radius 2 is 1.79 bits per heavy atom. The minimum absolute atomic E-state index is 0.198. The molecule has 10 heteroatoms. The molecule has 0 atom stereocenters. The minimum Gasteiger partial charge on any atom is -0.391 e. The predicted molar refractivity (Wildman–Crippen MR) is 54.5 cm³/mol. The number of aromatic nitrogens is 1. The van der Waals surface area contributed by atoms with E-state index in [0.29, 0.717) is 6.07 Å². The summed E-state index contributed by atoms with van der Waals surface area (Å²) in [5.41, 5.74) is -2.78. The number of pyridine rings is 1. The first-order valence-electron chi connectivity index (χ1n) is 4.61. The van der Waals surface area contributed by atoms with E-state index in [1.165, 1.54) is 0 Å². The van der Waals surface area contributed by atoms with Crippen molar-refractivity contribution in [3.05, 3.63) is 22.9 Å². The number of aliphatic hydroxyl groups is 1. The highest BCUT2D eigenvalue weighted by atomic mass is 79.9. The van der Waals surface area contributed by atoms with Crippen molar-refractivity contribution in [1.29, 1.82) is 0 Å². The van der Waals surface area contributed by atoms with Gasteiger partial charge in [-0.25, -0.2) is 4.98 Å².